The summed E-state index contributed by atoms with van der Waals surface area (Å²) in [5, 5.41) is 5.15. The lowest BCUT2D eigenvalue weighted by Crippen LogP contribution is -2.33. The predicted molar refractivity (Wildman–Crippen MR) is 88.7 cm³/mol. The van der Waals surface area contributed by atoms with Crippen molar-refractivity contribution in [3.8, 4) is 0 Å². The van der Waals surface area contributed by atoms with E-state index in [2.05, 4.69) is 19.2 Å². The third-order valence-corrected chi connectivity index (χ3v) is 5.29. The molecule has 1 aromatic carbocycles. The molecule has 112 valence electrons. The summed E-state index contributed by atoms with van der Waals surface area (Å²) in [6.07, 6.45) is 4.97. The Hall–Kier alpha value is -0.240. The molecule has 1 nitrogen and oxygen atoms in total. The highest BCUT2D eigenvalue weighted by Crippen LogP contribution is 2.38. The Morgan fingerprint density at radius 2 is 1.85 bits per heavy atom. The van der Waals surface area contributed by atoms with E-state index < -0.39 is 0 Å². The van der Waals surface area contributed by atoms with E-state index in [1.54, 1.807) is 0 Å². The zero-order chi connectivity index (χ0) is 14.5. The lowest BCUT2D eigenvalue weighted by molar-refractivity contribution is 0.184. The molecule has 0 saturated heterocycles. The molecule has 0 aliphatic heterocycles. The second-order valence-electron chi connectivity index (χ2n) is 6.15. The first-order chi connectivity index (χ1) is 9.61. The van der Waals surface area contributed by atoms with Gasteiger partial charge in [0.1, 0.15) is 0 Å². The number of rotatable bonds is 5. The molecule has 1 aliphatic rings. The van der Waals surface area contributed by atoms with Crippen LogP contribution in [0, 0.1) is 17.8 Å². The van der Waals surface area contributed by atoms with Crippen LogP contribution in [0.25, 0.3) is 0 Å². The number of benzene rings is 1. The molecule has 1 aromatic rings. The standard InChI is InChI=1S/C17H25Cl2N/c1-3-20-11-13-8-7-12(2)9-14(13)10-15-16(18)5-4-6-17(15)19/h4-6,12-14,20H,3,7-11H2,1-2H3. The molecular formula is C17H25Cl2N. The van der Waals surface area contributed by atoms with Crippen LogP contribution < -0.4 is 5.32 Å². The van der Waals surface area contributed by atoms with Gasteiger partial charge >= 0.3 is 0 Å². The van der Waals surface area contributed by atoms with Crippen molar-refractivity contribution in [3.63, 3.8) is 0 Å². The van der Waals surface area contributed by atoms with E-state index in [1.165, 1.54) is 19.3 Å². The Bertz CT molecular complexity index is 411. The van der Waals surface area contributed by atoms with Crippen LogP contribution in [0.2, 0.25) is 10.0 Å². The van der Waals surface area contributed by atoms with Gasteiger partial charge in [-0.1, -0.05) is 49.5 Å². The van der Waals surface area contributed by atoms with Crippen LogP contribution in [-0.2, 0) is 6.42 Å². The summed E-state index contributed by atoms with van der Waals surface area (Å²) in [7, 11) is 0. The number of nitrogens with one attached hydrogen (secondary N) is 1. The fraction of sp³-hybridized carbons (Fsp3) is 0.647. The molecule has 0 spiro atoms. The first kappa shape index (κ1) is 16.1. The normalized spacial score (nSPS) is 26.7. The number of hydrogen-bond acceptors (Lipinski definition) is 1. The van der Waals surface area contributed by atoms with Crippen molar-refractivity contribution in [2.45, 2.75) is 39.5 Å². The maximum absolute atomic E-state index is 6.34. The fourth-order valence-corrected chi connectivity index (χ4v) is 3.95. The Morgan fingerprint density at radius 1 is 1.15 bits per heavy atom. The molecule has 3 heteroatoms. The molecule has 2 rings (SSSR count). The molecule has 0 amide bonds. The van der Waals surface area contributed by atoms with Gasteiger partial charge in [0.25, 0.3) is 0 Å². The maximum Gasteiger partial charge on any atom is 0.0452 e. The van der Waals surface area contributed by atoms with Crippen molar-refractivity contribution in [3.05, 3.63) is 33.8 Å². The highest BCUT2D eigenvalue weighted by atomic mass is 35.5. The lowest BCUT2D eigenvalue weighted by atomic mass is 9.72. The van der Waals surface area contributed by atoms with Gasteiger partial charge in [0.15, 0.2) is 0 Å². The van der Waals surface area contributed by atoms with Crippen LogP contribution >= 0.6 is 23.2 Å². The Kier molecular flexibility index (Phi) is 6.20. The molecule has 1 N–H and O–H groups in total. The largest absolute Gasteiger partial charge is 0.317 e. The van der Waals surface area contributed by atoms with Gasteiger partial charge in [0.05, 0.1) is 0 Å². The second-order valence-corrected chi connectivity index (χ2v) is 6.96. The molecular weight excluding hydrogens is 289 g/mol. The van der Waals surface area contributed by atoms with Gasteiger partial charge in [-0.15, -0.1) is 0 Å². The predicted octanol–water partition coefficient (Wildman–Crippen LogP) is 5.20. The summed E-state index contributed by atoms with van der Waals surface area (Å²) < 4.78 is 0. The second kappa shape index (κ2) is 7.68. The van der Waals surface area contributed by atoms with E-state index in [4.69, 9.17) is 23.2 Å². The minimum absolute atomic E-state index is 0.690. The van der Waals surface area contributed by atoms with Gasteiger partial charge in [0.2, 0.25) is 0 Å². The molecule has 0 heterocycles. The van der Waals surface area contributed by atoms with Gasteiger partial charge in [-0.3, -0.25) is 0 Å². The van der Waals surface area contributed by atoms with Crippen LogP contribution in [0.1, 0.15) is 38.7 Å². The number of hydrogen-bond donors (Lipinski definition) is 1. The minimum atomic E-state index is 0.690. The molecule has 1 aliphatic carbocycles. The van der Waals surface area contributed by atoms with E-state index in [9.17, 15) is 0 Å². The Labute approximate surface area is 133 Å². The van der Waals surface area contributed by atoms with Crippen molar-refractivity contribution < 1.29 is 0 Å². The quantitative estimate of drug-likeness (QED) is 0.788. The topological polar surface area (TPSA) is 12.0 Å². The highest BCUT2D eigenvalue weighted by Gasteiger charge is 2.29. The first-order valence-corrected chi connectivity index (χ1v) is 8.51. The molecule has 0 aromatic heterocycles. The molecule has 0 bridgehead atoms. The van der Waals surface area contributed by atoms with Gasteiger partial charge in [0, 0.05) is 10.0 Å². The van der Waals surface area contributed by atoms with E-state index in [0.717, 1.165) is 47.0 Å². The summed E-state index contributed by atoms with van der Waals surface area (Å²) in [4.78, 5) is 0. The van der Waals surface area contributed by atoms with E-state index in [0.29, 0.717) is 5.92 Å². The van der Waals surface area contributed by atoms with Crippen molar-refractivity contribution >= 4 is 23.2 Å². The zero-order valence-corrected chi connectivity index (χ0v) is 14.0. The Balaban J connectivity index is 2.10. The van der Waals surface area contributed by atoms with Crippen molar-refractivity contribution in [2.24, 2.45) is 17.8 Å². The summed E-state index contributed by atoms with van der Waals surface area (Å²) in [5.74, 6) is 2.26. The molecule has 1 saturated carbocycles. The molecule has 0 radical (unpaired) electrons. The molecule has 1 fully saturated rings. The minimum Gasteiger partial charge on any atom is -0.317 e. The summed E-state index contributed by atoms with van der Waals surface area (Å²) >= 11 is 12.7. The molecule has 3 atom stereocenters. The third-order valence-electron chi connectivity index (χ3n) is 4.59. The molecule has 20 heavy (non-hydrogen) atoms. The average molecular weight is 314 g/mol. The molecule has 3 unspecified atom stereocenters. The van der Waals surface area contributed by atoms with Crippen LogP contribution in [0.3, 0.4) is 0 Å². The van der Waals surface area contributed by atoms with E-state index in [1.807, 2.05) is 18.2 Å². The monoisotopic (exact) mass is 313 g/mol. The van der Waals surface area contributed by atoms with Crippen molar-refractivity contribution in [2.75, 3.05) is 13.1 Å². The zero-order valence-electron chi connectivity index (χ0n) is 12.5. The summed E-state index contributed by atoms with van der Waals surface area (Å²) in [6.45, 7) is 6.71. The summed E-state index contributed by atoms with van der Waals surface area (Å²) in [5.41, 5.74) is 1.14. The van der Waals surface area contributed by atoms with Gasteiger partial charge < -0.3 is 5.32 Å². The third kappa shape index (κ3) is 4.13. The SMILES string of the molecule is CCNCC1CCC(C)CC1Cc1c(Cl)cccc1Cl. The number of halogens is 2. The van der Waals surface area contributed by atoms with Gasteiger partial charge in [-0.25, -0.2) is 0 Å². The fourth-order valence-electron chi connectivity index (χ4n) is 3.40. The average Bonchev–Trinajstić information content (AvgIpc) is 2.42. The maximum atomic E-state index is 6.34. The lowest BCUT2D eigenvalue weighted by Gasteiger charge is -2.35. The van der Waals surface area contributed by atoms with Crippen molar-refractivity contribution in [1.29, 1.82) is 0 Å². The smallest absolute Gasteiger partial charge is 0.0452 e. The van der Waals surface area contributed by atoms with Crippen LogP contribution in [0.15, 0.2) is 18.2 Å². The van der Waals surface area contributed by atoms with Gasteiger partial charge in [-0.2, -0.15) is 0 Å². The van der Waals surface area contributed by atoms with Crippen molar-refractivity contribution in [1.82, 2.24) is 5.32 Å². The first-order valence-electron chi connectivity index (χ1n) is 7.75. The van der Waals surface area contributed by atoms with Crippen LogP contribution in [-0.4, -0.2) is 13.1 Å². The highest BCUT2D eigenvalue weighted by molar-refractivity contribution is 6.35. The van der Waals surface area contributed by atoms with E-state index >= 15 is 0 Å². The Morgan fingerprint density at radius 3 is 2.50 bits per heavy atom. The van der Waals surface area contributed by atoms with E-state index in [-0.39, 0.29) is 0 Å². The van der Waals surface area contributed by atoms with Crippen LogP contribution in [0.4, 0.5) is 0 Å². The van der Waals surface area contributed by atoms with Crippen LogP contribution in [0.5, 0.6) is 0 Å². The van der Waals surface area contributed by atoms with Gasteiger partial charge in [-0.05, 0) is 67.8 Å². The summed E-state index contributed by atoms with van der Waals surface area (Å²) in [6, 6.07) is 5.83.